The maximum absolute atomic E-state index is 5.24. The van der Waals surface area contributed by atoms with Crippen LogP contribution in [0.15, 0.2) is 61.1 Å². The maximum Gasteiger partial charge on any atom is 0.227 e. The Hall–Kier alpha value is -3.35. The number of hydrogen-bond acceptors (Lipinski definition) is 7. The number of methoxy groups -OCH3 is 1. The number of rotatable bonds is 6. The van der Waals surface area contributed by atoms with Crippen molar-refractivity contribution in [2.24, 2.45) is 0 Å². The molecule has 1 aliphatic heterocycles. The number of nitrogens with one attached hydrogen (secondary N) is 1. The minimum atomic E-state index is 0.713. The maximum atomic E-state index is 5.24. The van der Waals surface area contributed by atoms with Crippen LogP contribution in [-0.2, 0) is 6.54 Å². The van der Waals surface area contributed by atoms with Gasteiger partial charge in [-0.05, 0) is 48.0 Å². The van der Waals surface area contributed by atoms with Crippen molar-refractivity contribution in [3.05, 3.63) is 66.6 Å². The van der Waals surface area contributed by atoms with Gasteiger partial charge in [-0.15, -0.1) is 0 Å². The van der Waals surface area contributed by atoms with Crippen LogP contribution in [0.25, 0.3) is 0 Å². The van der Waals surface area contributed by atoms with E-state index in [2.05, 4.69) is 42.2 Å². The number of piperazine rings is 1. The van der Waals surface area contributed by atoms with E-state index in [1.807, 2.05) is 36.5 Å². The Balaban J connectivity index is 1.35. The van der Waals surface area contributed by atoms with Crippen molar-refractivity contribution in [3.8, 4) is 5.75 Å². The highest BCUT2D eigenvalue weighted by atomic mass is 16.5. The highest BCUT2D eigenvalue weighted by Crippen LogP contribution is 2.22. The van der Waals surface area contributed by atoms with Gasteiger partial charge < -0.3 is 19.9 Å². The Kier molecular flexibility index (Phi) is 5.51. The summed E-state index contributed by atoms with van der Waals surface area (Å²) in [7, 11) is 1.69. The molecule has 2 aromatic heterocycles. The van der Waals surface area contributed by atoms with Gasteiger partial charge in [0.2, 0.25) is 5.95 Å². The third-order valence-electron chi connectivity index (χ3n) is 4.87. The number of hydrogen-bond donors (Lipinski definition) is 1. The molecule has 0 atom stereocenters. The lowest BCUT2D eigenvalue weighted by molar-refractivity contribution is 0.415. The van der Waals surface area contributed by atoms with Gasteiger partial charge in [-0.1, -0.05) is 0 Å². The van der Waals surface area contributed by atoms with Crippen molar-refractivity contribution in [1.29, 1.82) is 0 Å². The summed E-state index contributed by atoms with van der Waals surface area (Å²) in [6, 6.07) is 14.1. The second kappa shape index (κ2) is 8.56. The van der Waals surface area contributed by atoms with Gasteiger partial charge >= 0.3 is 0 Å². The molecule has 0 aliphatic carbocycles. The Morgan fingerprint density at radius 3 is 2.32 bits per heavy atom. The van der Waals surface area contributed by atoms with Crippen molar-refractivity contribution in [1.82, 2.24) is 15.0 Å². The first-order chi connectivity index (χ1) is 13.8. The van der Waals surface area contributed by atoms with E-state index in [0.29, 0.717) is 6.54 Å². The Morgan fingerprint density at radius 2 is 1.61 bits per heavy atom. The first kappa shape index (κ1) is 18.0. The number of nitrogens with zero attached hydrogens (tertiary/aromatic N) is 5. The van der Waals surface area contributed by atoms with Gasteiger partial charge in [-0.2, -0.15) is 4.98 Å². The summed E-state index contributed by atoms with van der Waals surface area (Å²) in [5.41, 5.74) is 2.39. The Morgan fingerprint density at radius 1 is 0.893 bits per heavy atom. The Labute approximate surface area is 165 Å². The Bertz CT molecular complexity index is 879. The van der Waals surface area contributed by atoms with Crippen LogP contribution in [0, 0.1) is 0 Å². The van der Waals surface area contributed by atoms with Gasteiger partial charge in [-0.3, -0.25) is 4.98 Å². The summed E-state index contributed by atoms with van der Waals surface area (Å²) in [5.74, 6) is 2.49. The van der Waals surface area contributed by atoms with E-state index < -0.39 is 0 Å². The monoisotopic (exact) mass is 376 g/mol. The van der Waals surface area contributed by atoms with Crippen molar-refractivity contribution in [2.45, 2.75) is 6.54 Å². The highest BCUT2D eigenvalue weighted by Gasteiger charge is 2.19. The van der Waals surface area contributed by atoms with Crippen LogP contribution in [0.5, 0.6) is 5.75 Å². The molecule has 4 rings (SSSR count). The molecule has 144 valence electrons. The third kappa shape index (κ3) is 4.31. The van der Waals surface area contributed by atoms with Gasteiger partial charge in [0.1, 0.15) is 11.6 Å². The van der Waals surface area contributed by atoms with Crippen molar-refractivity contribution in [3.63, 3.8) is 0 Å². The molecule has 28 heavy (non-hydrogen) atoms. The topological polar surface area (TPSA) is 66.4 Å². The SMILES string of the molecule is COc1ccc(N2CCN(c3nccc(NCc4ccncc4)n3)CC2)cc1. The zero-order valence-electron chi connectivity index (χ0n) is 16.0. The molecule has 1 fully saturated rings. The van der Waals surface area contributed by atoms with E-state index in [4.69, 9.17) is 4.74 Å². The summed E-state index contributed by atoms with van der Waals surface area (Å²) in [5, 5.41) is 3.36. The largest absolute Gasteiger partial charge is 0.497 e. The van der Waals surface area contributed by atoms with Gasteiger partial charge in [0.15, 0.2) is 0 Å². The third-order valence-corrected chi connectivity index (χ3v) is 4.87. The first-order valence-corrected chi connectivity index (χ1v) is 9.41. The molecule has 7 nitrogen and oxygen atoms in total. The average molecular weight is 376 g/mol. The van der Waals surface area contributed by atoms with Crippen LogP contribution >= 0.6 is 0 Å². The molecule has 1 saturated heterocycles. The molecule has 7 heteroatoms. The van der Waals surface area contributed by atoms with Crippen LogP contribution in [0.1, 0.15) is 5.56 Å². The molecule has 1 aliphatic rings. The van der Waals surface area contributed by atoms with E-state index in [1.165, 1.54) is 11.3 Å². The molecular formula is C21H24N6O. The van der Waals surface area contributed by atoms with Gasteiger partial charge in [0, 0.05) is 57.0 Å². The van der Waals surface area contributed by atoms with Gasteiger partial charge in [0.05, 0.1) is 7.11 Å². The second-order valence-corrected chi connectivity index (χ2v) is 6.62. The lowest BCUT2D eigenvalue weighted by Gasteiger charge is -2.36. The van der Waals surface area contributed by atoms with Crippen LogP contribution in [0.4, 0.5) is 17.5 Å². The summed E-state index contributed by atoms with van der Waals surface area (Å²) in [6.07, 6.45) is 5.41. The van der Waals surface area contributed by atoms with E-state index in [-0.39, 0.29) is 0 Å². The summed E-state index contributed by atoms with van der Waals surface area (Å²) in [6.45, 7) is 4.36. The molecule has 1 aromatic carbocycles. The fraction of sp³-hybridized carbons (Fsp3) is 0.286. The quantitative estimate of drug-likeness (QED) is 0.709. The van der Waals surface area contributed by atoms with E-state index in [9.17, 15) is 0 Å². The standard InChI is InChI=1S/C21H24N6O/c1-28-19-4-2-18(3-5-19)26-12-14-27(15-13-26)21-23-11-8-20(25-21)24-16-17-6-9-22-10-7-17/h2-11H,12-16H2,1H3,(H,23,24,25). The molecule has 0 unspecified atom stereocenters. The smallest absolute Gasteiger partial charge is 0.227 e. The number of aromatic nitrogens is 3. The van der Waals surface area contributed by atoms with Crippen LogP contribution in [0.2, 0.25) is 0 Å². The molecule has 0 bridgehead atoms. The zero-order chi connectivity index (χ0) is 19.2. The van der Waals surface area contributed by atoms with E-state index in [1.54, 1.807) is 19.5 Å². The summed E-state index contributed by atoms with van der Waals surface area (Å²) < 4.78 is 5.24. The number of ether oxygens (including phenoxy) is 1. The first-order valence-electron chi connectivity index (χ1n) is 9.41. The lowest BCUT2D eigenvalue weighted by atomic mass is 10.2. The lowest BCUT2D eigenvalue weighted by Crippen LogP contribution is -2.47. The van der Waals surface area contributed by atoms with Crippen molar-refractivity contribution in [2.75, 3.05) is 48.4 Å². The molecule has 1 N–H and O–H groups in total. The van der Waals surface area contributed by atoms with Gasteiger partial charge in [0.25, 0.3) is 0 Å². The zero-order valence-corrected chi connectivity index (χ0v) is 16.0. The van der Waals surface area contributed by atoms with Crippen LogP contribution < -0.4 is 19.9 Å². The fourth-order valence-electron chi connectivity index (χ4n) is 3.25. The van der Waals surface area contributed by atoms with Crippen LogP contribution in [0.3, 0.4) is 0 Å². The van der Waals surface area contributed by atoms with E-state index in [0.717, 1.165) is 43.7 Å². The molecule has 0 spiro atoms. The number of benzene rings is 1. The molecule has 0 radical (unpaired) electrons. The van der Waals surface area contributed by atoms with Gasteiger partial charge in [-0.25, -0.2) is 4.98 Å². The van der Waals surface area contributed by atoms with Crippen molar-refractivity contribution >= 4 is 17.5 Å². The van der Waals surface area contributed by atoms with Crippen molar-refractivity contribution < 1.29 is 4.74 Å². The van der Waals surface area contributed by atoms with E-state index >= 15 is 0 Å². The molecule has 3 heterocycles. The molecule has 0 saturated carbocycles. The van der Waals surface area contributed by atoms with Crippen LogP contribution in [-0.4, -0.2) is 48.2 Å². The normalized spacial score (nSPS) is 14.0. The summed E-state index contributed by atoms with van der Waals surface area (Å²) >= 11 is 0. The predicted molar refractivity (Wildman–Crippen MR) is 111 cm³/mol. The molecular weight excluding hydrogens is 352 g/mol. The average Bonchev–Trinajstić information content (AvgIpc) is 2.79. The molecule has 3 aromatic rings. The predicted octanol–water partition coefficient (Wildman–Crippen LogP) is 2.82. The second-order valence-electron chi connectivity index (χ2n) is 6.62. The minimum Gasteiger partial charge on any atom is -0.497 e. The summed E-state index contributed by atoms with van der Waals surface area (Å²) in [4.78, 5) is 17.8. The number of pyridine rings is 1. The number of anilines is 3. The fourth-order valence-corrected chi connectivity index (χ4v) is 3.25. The minimum absolute atomic E-state index is 0.713. The molecule has 0 amide bonds. The highest BCUT2D eigenvalue weighted by molar-refractivity contribution is 5.51.